The summed E-state index contributed by atoms with van der Waals surface area (Å²) in [5, 5.41) is 13.9. The standard InChI is InChI=1S/C20H18ClFN4O2/c1-13-2-7-16(21)18(12-13)24-20(27)23-10-11-28-19-9-8-17(25-26-19)14-3-5-15(22)6-4-14/h2-9,12H,10-11H2,1H3,(H2,23,24,27). The van der Waals surface area contributed by atoms with Crippen LogP contribution in [0.1, 0.15) is 5.56 Å². The summed E-state index contributed by atoms with van der Waals surface area (Å²) < 4.78 is 18.4. The van der Waals surface area contributed by atoms with E-state index in [-0.39, 0.29) is 25.0 Å². The van der Waals surface area contributed by atoms with Gasteiger partial charge in [-0.1, -0.05) is 17.7 Å². The van der Waals surface area contributed by atoms with E-state index in [1.807, 2.05) is 13.0 Å². The van der Waals surface area contributed by atoms with Crippen molar-refractivity contribution in [3.63, 3.8) is 0 Å². The Morgan fingerprint density at radius 3 is 2.61 bits per heavy atom. The molecule has 0 aliphatic carbocycles. The summed E-state index contributed by atoms with van der Waals surface area (Å²) in [7, 11) is 0. The van der Waals surface area contributed by atoms with Gasteiger partial charge in [-0.2, -0.15) is 0 Å². The number of carbonyl (C=O) groups is 1. The maximum atomic E-state index is 13.0. The molecule has 0 spiro atoms. The molecule has 0 aliphatic heterocycles. The lowest BCUT2D eigenvalue weighted by molar-refractivity contribution is 0.246. The van der Waals surface area contributed by atoms with E-state index in [0.29, 0.717) is 22.3 Å². The highest BCUT2D eigenvalue weighted by molar-refractivity contribution is 6.33. The zero-order valence-corrected chi connectivity index (χ0v) is 15.8. The Labute approximate surface area is 166 Å². The van der Waals surface area contributed by atoms with Crippen molar-refractivity contribution >= 4 is 23.3 Å². The first-order valence-corrected chi connectivity index (χ1v) is 8.92. The molecule has 0 saturated carbocycles. The topological polar surface area (TPSA) is 76.1 Å². The van der Waals surface area contributed by atoms with Gasteiger partial charge in [-0.05, 0) is 55.0 Å². The van der Waals surface area contributed by atoms with E-state index in [0.717, 1.165) is 11.1 Å². The third-order valence-electron chi connectivity index (χ3n) is 3.79. The Morgan fingerprint density at radius 2 is 1.89 bits per heavy atom. The van der Waals surface area contributed by atoms with Crippen LogP contribution in [0.2, 0.25) is 5.02 Å². The van der Waals surface area contributed by atoms with Gasteiger partial charge in [-0.25, -0.2) is 9.18 Å². The van der Waals surface area contributed by atoms with Gasteiger partial charge in [-0.3, -0.25) is 0 Å². The molecule has 0 atom stereocenters. The summed E-state index contributed by atoms with van der Waals surface area (Å²) in [6.45, 7) is 2.41. The fraction of sp³-hybridized carbons (Fsp3) is 0.150. The van der Waals surface area contributed by atoms with E-state index in [2.05, 4.69) is 20.8 Å². The minimum atomic E-state index is -0.381. The number of aromatic nitrogens is 2. The minimum absolute atomic E-state index is 0.222. The molecule has 1 aromatic heterocycles. The van der Waals surface area contributed by atoms with Crippen molar-refractivity contribution < 1.29 is 13.9 Å². The number of benzene rings is 2. The van der Waals surface area contributed by atoms with Crippen LogP contribution in [-0.4, -0.2) is 29.4 Å². The molecule has 6 nitrogen and oxygen atoms in total. The number of aryl methyl sites for hydroxylation is 1. The van der Waals surface area contributed by atoms with Crippen LogP contribution < -0.4 is 15.4 Å². The third kappa shape index (κ3) is 5.40. The van der Waals surface area contributed by atoms with Crippen LogP contribution in [0, 0.1) is 12.7 Å². The second-order valence-electron chi connectivity index (χ2n) is 5.98. The number of urea groups is 1. The van der Waals surface area contributed by atoms with Crippen molar-refractivity contribution in [1.29, 1.82) is 0 Å². The number of hydrogen-bond acceptors (Lipinski definition) is 4. The number of halogens is 2. The van der Waals surface area contributed by atoms with E-state index in [1.165, 1.54) is 12.1 Å². The van der Waals surface area contributed by atoms with E-state index < -0.39 is 0 Å². The largest absolute Gasteiger partial charge is 0.475 e. The van der Waals surface area contributed by atoms with Gasteiger partial charge in [0.1, 0.15) is 12.4 Å². The second kappa shape index (κ2) is 9.14. The highest BCUT2D eigenvalue weighted by Gasteiger charge is 2.06. The van der Waals surface area contributed by atoms with E-state index >= 15 is 0 Å². The normalized spacial score (nSPS) is 10.4. The van der Waals surface area contributed by atoms with Gasteiger partial charge in [-0.15, -0.1) is 10.2 Å². The van der Waals surface area contributed by atoms with Crippen LogP contribution in [0.15, 0.2) is 54.6 Å². The van der Waals surface area contributed by atoms with Crippen molar-refractivity contribution in [3.05, 3.63) is 71.0 Å². The summed E-state index contributed by atoms with van der Waals surface area (Å²) in [6.07, 6.45) is 0. The van der Waals surface area contributed by atoms with E-state index in [9.17, 15) is 9.18 Å². The number of hydrogen-bond donors (Lipinski definition) is 2. The lowest BCUT2D eigenvalue weighted by Gasteiger charge is -2.10. The molecule has 144 valence electrons. The molecule has 0 bridgehead atoms. The lowest BCUT2D eigenvalue weighted by atomic mass is 10.1. The average molecular weight is 401 g/mol. The van der Waals surface area contributed by atoms with Crippen LogP contribution in [0.4, 0.5) is 14.9 Å². The molecule has 2 amide bonds. The average Bonchev–Trinajstić information content (AvgIpc) is 2.69. The first kappa shape index (κ1) is 19.6. The van der Waals surface area contributed by atoms with Crippen molar-refractivity contribution in [3.8, 4) is 17.1 Å². The molecule has 0 unspecified atom stereocenters. The van der Waals surface area contributed by atoms with Crippen molar-refractivity contribution in [1.82, 2.24) is 15.5 Å². The molecule has 2 N–H and O–H groups in total. The Balaban J connectivity index is 1.44. The van der Waals surface area contributed by atoms with Crippen molar-refractivity contribution in [2.75, 3.05) is 18.5 Å². The number of rotatable bonds is 6. The van der Waals surface area contributed by atoms with Crippen LogP contribution in [0.5, 0.6) is 5.88 Å². The SMILES string of the molecule is Cc1ccc(Cl)c(NC(=O)NCCOc2ccc(-c3ccc(F)cc3)nn2)c1. The molecular formula is C20H18ClFN4O2. The minimum Gasteiger partial charge on any atom is -0.475 e. The first-order chi connectivity index (χ1) is 13.5. The molecule has 0 radical (unpaired) electrons. The Bertz CT molecular complexity index is 949. The molecule has 8 heteroatoms. The van der Waals surface area contributed by atoms with Crippen LogP contribution >= 0.6 is 11.6 Å². The van der Waals surface area contributed by atoms with Crippen LogP contribution in [0.25, 0.3) is 11.3 Å². The summed E-state index contributed by atoms with van der Waals surface area (Å²) in [4.78, 5) is 11.9. The van der Waals surface area contributed by atoms with Gasteiger partial charge in [0.2, 0.25) is 5.88 Å². The first-order valence-electron chi connectivity index (χ1n) is 8.55. The third-order valence-corrected chi connectivity index (χ3v) is 4.12. The molecule has 1 heterocycles. The van der Waals surface area contributed by atoms with Gasteiger partial charge in [0, 0.05) is 11.6 Å². The highest BCUT2D eigenvalue weighted by Crippen LogP contribution is 2.22. The summed E-state index contributed by atoms with van der Waals surface area (Å²) in [5.41, 5.74) is 2.90. The molecule has 3 rings (SSSR count). The van der Waals surface area contributed by atoms with Gasteiger partial charge in [0.25, 0.3) is 0 Å². The van der Waals surface area contributed by atoms with Crippen molar-refractivity contribution in [2.24, 2.45) is 0 Å². The zero-order chi connectivity index (χ0) is 19.9. The molecule has 3 aromatic rings. The Kier molecular flexibility index (Phi) is 6.39. The predicted molar refractivity (Wildman–Crippen MR) is 106 cm³/mol. The monoisotopic (exact) mass is 400 g/mol. The summed E-state index contributed by atoms with van der Waals surface area (Å²) >= 11 is 6.05. The number of nitrogens with zero attached hydrogens (tertiary/aromatic N) is 2. The molecule has 28 heavy (non-hydrogen) atoms. The van der Waals surface area contributed by atoms with Crippen LogP contribution in [-0.2, 0) is 0 Å². The maximum Gasteiger partial charge on any atom is 0.319 e. The zero-order valence-electron chi connectivity index (χ0n) is 15.1. The molecule has 0 fully saturated rings. The Morgan fingerprint density at radius 1 is 1.11 bits per heavy atom. The summed E-state index contributed by atoms with van der Waals surface area (Å²) in [5.74, 6) is 0.0210. The van der Waals surface area contributed by atoms with Gasteiger partial charge >= 0.3 is 6.03 Å². The molecule has 0 saturated heterocycles. The second-order valence-corrected chi connectivity index (χ2v) is 6.38. The lowest BCUT2D eigenvalue weighted by Crippen LogP contribution is -2.32. The number of amides is 2. The number of nitrogens with one attached hydrogen (secondary N) is 2. The van der Waals surface area contributed by atoms with Gasteiger partial charge in [0.05, 0.1) is 22.9 Å². The predicted octanol–water partition coefficient (Wildman–Crippen LogP) is 4.45. The van der Waals surface area contributed by atoms with Crippen molar-refractivity contribution in [2.45, 2.75) is 6.92 Å². The molecule has 0 aliphatic rings. The quantitative estimate of drug-likeness (QED) is 0.599. The number of anilines is 1. The number of carbonyl (C=O) groups excluding carboxylic acids is 1. The molecular weight excluding hydrogens is 383 g/mol. The van der Waals surface area contributed by atoms with Gasteiger partial charge in [0.15, 0.2) is 0 Å². The van der Waals surface area contributed by atoms with E-state index in [1.54, 1.807) is 36.4 Å². The van der Waals surface area contributed by atoms with E-state index in [4.69, 9.17) is 16.3 Å². The fourth-order valence-corrected chi connectivity index (χ4v) is 2.56. The maximum absolute atomic E-state index is 13.0. The Hall–Kier alpha value is -3.19. The smallest absolute Gasteiger partial charge is 0.319 e. The van der Waals surface area contributed by atoms with Gasteiger partial charge < -0.3 is 15.4 Å². The molecule has 2 aromatic carbocycles. The number of ether oxygens (including phenoxy) is 1. The summed E-state index contributed by atoms with van der Waals surface area (Å²) in [6, 6.07) is 14.4. The highest BCUT2D eigenvalue weighted by atomic mass is 35.5. The van der Waals surface area contributed by atoms with Crippen LogP contribution in [0.3, 0.4) is 0 Å². The fourth-order valence-electron chi connectivity index (χ4n) is 2.39.